The van der Waals surface area contributed by atoms with Crippen molar-refractivity contribution in [1.29, 1.82) is 0 Å². The Morgan fingerprint density at radius 2 is 1.81 bits per heavy atom. The van der Waals surface area contributed by atoms with Gasteiger partial charge in [-0.05, 0) is 30.9 Å². The van der Waals surface area contributed by atoms with Gasteiger partial charge < -0.3 is 5.32 Å². The Hall–Kier alpha value is -2.43. The Morgan fingerprint density at radius 3 is 2.28 bits per heavy atom. The van der Waals surface area contributed by atoms with E-state index in [4.69, 9.17) is 0 Å². The van der Waals surface area contributed by atoms with E-state index in [1.54, 1.807) is 23.9 Å². The van der Waals surface area contributed by atoms with Crippen molar-refractivity contribution in [1.82, 2.24) is 9.78 Å². The zero-order valence-corrected chi connectivity index (χ0v) is 18.4. The van der Waals surface area contributed by atoms with Gasteiger partial charge in [-0.3, -0.25) is 9.48 Å². The minimum atomic E-state index is -4.20. The summed E-state index contributed by atoms with van der Waals surface area (Å²) >= 11 is 0. The molecule has 0 bridgehead atoms. The van der Waals surface area contributed by atoms with E-state index in [9.17, 15) is 30.8 Å². The maximum absolute atomic E-state index is 13.6. The summed E-state index contributed by atoms with van der Waals surface area (Å²) in [6, 6.07) is 6.27. The first-order valence-electron chi connectivity index (χ1n) is 10.2. The number of rotatable bonds is 6. The molecule has 0 unspecified atom stereocenters. The highest BCUT2D eigenvalue weighted by Gasteiger charge is 2.71. The summed E-state index contributed by atoms with van der Waals surface area (Å²) in [5.74, 6) is -10.5. The molecular formula is C21H23F4N3O3S. The van der Waals surface area contributed by atoms with E-state index in [0.29, 0.717) is 11.3 Å². The molecule has 2 saturated carbocycles. The van der Waals surface area contributed by atoms with Crippen LogP contribution in [0.25, 0.3) is 11.3 Å². The van der Waals surface area contributed by atoms with Crippen molar-refractivity contribution in [2.75, 3.05) is 11.6 Å². The third kappa shape index (κ3) is 3.80. The van der Waals surface area contributed by atoms with Crippen LogP contribution in [0, 0.1) is 5.92 Å². The number of hydrogen-bond donors (Lipinski definition) is 1. The number of nitrogens with one attached hydrogen (secondary N) is 1. The van der Waals surface area contributed by atoms with Crippen LogP contribution in [0.2, 0.25) is 0 Å². The van der Waals surface area contributed by atoms with Crippen LogP contribution in [0.3, 0.4) is 0 Å². The van der Waals surface area contributed by atoms with Crippen LogP contribution >= 0.6 is 0 Å². The molecule has 32 heavy (non-hydrogen) atoms. The number of sulfone groups is 1. The zero-order chi connectivity index (χ0) is 23.5. The van der Waals surface area contributed by atoms with E-state index in [1.165, 1.54) is 12.1 Å². The van der Waals surface area contributed by atoms with Crippen molar-refractivity contribution in [2.24, 2.45) is 13.0 Å². The molecule has 1 amide bonds. The molecule has 1 aromatic carbocycles. The fraction of sp³-hybridized carbons (Fsp3) is 0.524. The van der Waals surface area contributed by atoms with Gasteiger partial charge in [0.2, 0.25) is 5.91 Å². The molecule has 1 heterocycles. The molecule has 0 aliphatic heterocycles. The molecular weight excluding hydrogens is 450 g/mol. The monoisotopic (exact) mass is 473 g/mol. The Labute approximate surface area is 182 Å². The normalized spacial score (nSPS) is 22.1. The first-order valence-corrected chi connectivity index (χ1v) is 12.1. The zero-order valence-electron chi connectivity index (χ0n) is 17.5. The van der Waals surface area contributed by atoms with Crippen molar-refractivity contribution in [3.63, 3.8) is 0 Å². The number of hydrogen-bond acceptors (Lipinski definition) is 4. The molecule has 2 fully saturated rings. The molecule has 6 nitrogen and oxygen atoms in total. The lowest BCUT2D eigenvalue weighted by Crippen LogP contribution is -2.59. The van der Waals surface area contributed by atoms with Crippen molar-refractivity contribution < 1.29 is 30.8 Å². The van der Waals surface area contributed by atoms with Gasteiger partial charge in [-0.15, -0.1) is 0 Å². The fourth-order valence-corrected chi connectivity index (χ4v) is 4.90. The van der Waals surface area contributed by atoms with Gasteiger partial charge in [0.15, 0.2) is 15.7 Å². The minimum Gasteiger partial charge on any atom is -0.309 e. The SMILES string of the molecule is Cn1nc(NC(=O)C[C@@H]2CC(F)(F)C2(F)F)c(C2CCC2)c1-c1ccc(S(C)(=O)=O)cc1. The van der Waals surface area contributed by atoms with Crippen LogP contribution in [0.4, 0.5) is 23.4 Å². The van der Waals surface area contributed by atoms with Gasteiger partial charge in [-0.25, -0.2) is 8.42 Å². The van der Waals surface area contributed by atoms with Crippen molar-refractivity contribution in [3.8, 4) is 11.3 Å². The third-order valence-corrected chi connectivity index (χ3v) is 7.47. The smallest absolute Gasteiger partial charge is 0.309 e. The Balaban J connectivity index is 1.61. The fourth-order valence-electron chi connectivity index (χ4n) is 4.27. The summed E-state index contributed by atoms with van der Waals surface area (Å²) < 4.78 is 78.3. The summed E-state index contributed by atoms with van der Waals surface area (Å²) in [4.78, 5) is 12.6. The topological polar surface area (TPSA) is 81.1 Å². The molecule has 1 N–H and O–H groups in total. The minimum absolute atomic E-state index is 0.0954. The predicted molar refractivity (Wildman–Crippen MR) is 110 cm³/mol. The Bertz CT molecular complexity index is 1160. The second-order valence-corrected chi connectivity index (χ2v) is 10.7. The number of aryl methyl sites for hydroxylation is 1. The van der Waals surface area contributed by atoms with Crippen molar-refractivity contribution >= 4 is 21.6 Å². The van der Waals surface area contributed by atoms with E-state index in [0.717, 1.165) is 31.1 Å². The number of aromatic nitrogens is 2. The maximum Gasteiger partial charge on any atom is 0.313 e. The number of halogens is 4. The summed E-state index contributed by atoms with van der Waals surface area (Å²) in [5, 5.41) is 6.89. The van der Waals surface area contributed by atoms with Crippen LogP contribution < -0.4 is 5.32 Å². The molecule has 1 atom stereocenters. The summed E-state index contributed by atoms with van der Waals surface area (Å²) in [6.45, 7) is 0. The van der Waals surface area contributed by atoms with Crippen LogP contribution in [0.1, 0.15) is 43.6 Å². The molecule has 0 saturated heterocycles. The number of benzene rings is 1. The Morgan fingerprint density at radius 1 is 1.19 bits per heavy atom. The van der Waals surface area contributed by atoms with Crippen molar-refractivity contribution in [2.45, 2.75) is 54.8 Å². The van der Waals surface area contributed by atoms with Gasteiger partial charge in [-0.1, -0.05) is 18.6 Å². The molecule has 2 aliphatic carbocycles. The maximum atomic E-state index is 13.6. The van der Waals surface area contributed by atoms with Gasteiger partial charge >= 0.3 is 11.8 Å². The van der Waals surface area contributed by atoms with Crippen LogP contribution in [-0.4, -0.2) is 42.2 Å². The van der Waals surface area contributed by atoms with Gasteiger partial charge in [0.25, 0.3) is 0 Å². The van der Waals surface area contributed by atoms with Gasteiger partial charge in [-0.2, -0.15) is 22.7 Å². The lowest BCUT2D eigenvalue weighted by atomic mass is 9.74. The van der Waals surface area contributed by atoms with Gasteiger partial charge in [0, 0.05) is 43.2 Å². The largest absolute Gasteiger partial charge is 0.313 e. The second-order valence-electron chi connectivity index (χ2n) is 8.64. The summed E-state index contributed by atoms with van der Waals surface area (Å²) in [5.41, 5.74) is 2.12. The lowest BCUT2D eigenvalue weighted by Gasteiger charge is -2.43. The van der Waals surface area contributed by atoms with E-state index < -0.39 is 46.3 Å². The summed E-state index contributed by atoms with van der Waals surface area (Å²) in [7, 11) is -1.70. The average Bonchev–Trinajstić information content (AvgIpc) is 2.94. The second kappa shape index (κ2) is 7.57. The van der Waals surface area contributed by atoms with Gasteiger partial charge in [0.1, 0.15) is 0 Å². The number of nitrogens with zero attached hydrogens (tertiary/aromatic N) is 2. The first-order chi connectivity index (χ1) is 14.8. The van der Waals surface area contributed by atoms with Crippen LogP contribution in [0.15, 0.2) is 29.2 Å². The molecule has 174 valence electrons. The van der Waals surface area contributed by atoms with Crippen LogP contribution in [0.5, 0.6) is 0 Å². The molecule has 4 rings (SSSR count). The number of alkyl halides is 4. The van der Waals surface area contributed by atoms with E-state index in [-0.39, 0.29) is 16.6 Å². The number of carbonyl (C=O) groups is 1. The quantitative estimate of drug-likeness (QED) is 0.632. The molecule has 2 aliphatic rings. The highest BCUT2D eigenvalue weighted by molar-refractivity contribution is 7.90. The molecule has 0 radical (unpaired) electrons. The van der Waals surface area contributed by atoms with Crippen molar-refractivity contribution in [3.05, 3.63) is 29.8 Å². The van der Waals surface area contributed by atoms with Gasteiger partial charge in [0.05, 0.1) is 10.6 Å². The van der Waals surface area contributed by atoms with E-state index >= 15 is 0 Å². The predicted octanol–water partition coefficient (Wildman–Crippen LogP) is 4.38. The molecule has 11 heteroatoms. The average molecular weight is 473 g/mol. The highest BCUT2D eigenvalue weighted by atomic mass is 32.2. The number of carbonyl (C=O) groups excluding carboxylic acids is 1. The molecule has 2 aromatic rings. The lowest BCUT2D eigenvalue weighted by molar-refractivity contribution is -0.313. The van der Waals surface area contributed by atoms with Crippen LogP contribution in [-0.2, 0) is 21.7 Å². The number of anilines is 1. The molecule has 0 spiro atoms. The van der Waals surface area contributed by atoms with E-state index in [2.05, 4.69) is 10.4 Å². The first kappa shape index (κ1) is 22.8. The number of amides is 1. The summed E-state index contributed by atoms with van der Waals surface area (Å²) in [6.07, 6.45) is 2.07. The highest BCUT2D eigenvalue weighted by Crippen LogP contribution is 2.56. The van der Waals surface area contributed by atoms with E-state index in [1.807, 2.05) is 0 Å². The third-order valence-electron chi connectivity index (χ3n) is 6.35. The standard InChI is InChI=1S/C21H23F4N3O3S/c1-28-18(13-6-8-15(9-7-13)32(2,30)31)17(12-4-3-5-12)19(27-28)26-16(29)10-14-11-20(22,23)21(14,24)25/h6-9,12,14H,3-5,10-11H2,1-2H3,(H,26,27,29)/t14-/m1/s1. The Kier molecular flexibility index (Phi) is 5.38. The molecule has 1 aromatic heterocycles.